The lowest BCUT2D eigenvalue weighted by Crippen LogP contribution is -2.32. The van der Waals surface area contributed by atoms with Crippen molar-refractivity contribution >= 4 is 32.4 Å². The van der Waals surface area contributed by atoms with Crippen LogP contribution in [0.3, 0.4) is 0 Å². The van der Waals surface area contributed by atoms with E-state index in [9.17, 15) is 17.4 Å². The van der Waals surface area contributed by atoms with Crippen LogP contribution in [0.2, 0.25) is 0 Å². The quantitative estimate of drug-likeness (QED) is 0.719. The molecule has 0 unspecified atom stereocenters. The second-order valence-electron chi connectivity index (χ2n) is 5.75. The summed E-state index contributed by atoms with van der Waals surface area (Å²) >= 11 is 0. The van der Waals surface area contributed by atoms with Crippen molar-refractivity contribution in [3.8, 4) is 0 Å². The van der Waals surface area contributed by atoms with Gasteiger partial charge in [-0.3, -0.25) is 9.00 Å². The lowest BCUT2D eigenvalue weighted by molar-refractivity contribution is -0.115. The number of hydrogen-bond donors (Lipinski definition) is 2. The first kappa shape index (κ1) is 20.3. The molecule has 1 amide bonds. The number of amides is 1. The molecule has 2 atom stereocenters. The number of carbonyl (C=O) groups excluding carboxylic acids is 1. The van der Waals surface area contributed by atoms with Crippen molar-refractivity contribution in [2.75, 3.05) is 17.3 Å². The van der Waals surface area contributed by atoms with Gasteiger partial charge in [-0.1, -0.05) is 37.3 Å². The molecule has 0 spiro atoms. The van der Waals surface area contributed by atoms with Gasteiger partial charge in [0.05, 0.1) is 10.9 Å². The highest BCUT2D eigenvalue weighted by molar-refractivity contribution is 7.89. The first-order valence-corrected chi connectivity index (χ1v) is 11.3. The van der Waals surface area contributed by atoms with Crippen LogP contribution in [0, 0.1) is 0 Å². The molecule has 0 aliphatic carbocycles. The standard InChI is InChI=1S/C18H22N2O4S2/c1-3-18(21)19-15-9-11-16(12-10-15)26(23,24)20-17(13-25(2)22)14-7-5-4-6-8-14/h4-12,17,20H,3,13H2,1-2H3,(H,19,21)/t17-,25-/m0/s1. The fourth-order valence-corrected chi connectivity index (χ4v) is 4.42. The molecule has 2 N–H and O–H groups in total. The van der Waals surface area contributed by atoms with Gasteiger partial charge in [0, 0.05) is 34.9 Å². The number of nitrogens with one attached hydrogen (secondary N) is 2. The van der Waals surface area contributed by atoms with Crippen molar-refractivity contribution in [2.24, 2.45) is 0 Å². The van der Waals surface area contributed by atoms with Crippen molar-refractivity contribution in [3.63, 3.8) is 0 Å². The molecule has 8 heteroatoms. The molecule has 2 aromatic carbocycles. The summed E-state index contributed by atoms with van der Waals surface area (Å²) in [6.45, 7) is 1.74. The molecule has 2 rings (SSSR count). The van der Waals surface area contributed by atoms with Crippen LogP contribution in [0.5, 0.6) is 0 Å². The number of hydrogen-bond acceptors (Lipinski definition) is 4. The van der Waals surface area contributed by atoms with Crippen molar-refractivity contribution in [3.05, 3.63) is 60.2 Å². The molecule has 0 aliphatic heterocycles. The smallest absolute Gasteiger partial charge is 0.241 e. The van der Waals surface area contributed by atoms with Crippen molar-refractivity contribution in [1.82, 2.24) is 4.72 Å². The molecule has 26 heavy (non-hydrogen) atoms. The summed E-state index contributed by atoms with van der Waals surface area (Å²) in [6, 6.07) is 14.4. The summed E-state index contributed by atoms with van der Waals surface area (Å²) < 4.78 is 39.7. The monoisotopic (exact) mass is 394 g/mol. The van der Waals surface area contributed by atoms with Gasteiger partial charge in [0.2, 0.25) is 15.9 Å². The first-order valence-electron chi connectivity index (χ1n) is 8.09. The molecule has 0 bridgehead atoms. The average Bonchev–Trinajstić information content (AvgIpc) is 2.61. The van der Waals surface area contributed by atoms with E-state index < -0.39 is 26.9 Å². The summed E-state index contributed by atoms with van der Waals surface area (Å²) in [6.07, 6.45) is 1.88. The highest BCUT2D eigenvalue weighted by atomic mass is 32.2. The Bertz CT molecular complexity index is 866. The molecule has 0 aliphatic rings. The molecular weight excluding hydrogens is 372 g/mol. The Morgan fingerprint density at radius 2 is 1.69 bits per heavy atom. The third kappa shape index (κ3) is 5.76. The predicted molar refractivity (Wildman–Crippen MR) is 104 cm³/mol. The van der Waals surface area contributed by atoms with Crippen LogP contribution in [-0.2, 0) is 25.6 Å². The largest absolute Gasteiger partial charge is 0.326 e. The minimum absolute atomic E-state index is 0.0785. The highest BCUT2D eigenvalue weighted by Crippen LogP contribution is 2.20. The minimum Gasteiger partial charge on any atom is -0.326 e. The van der Waals surface area contributed by atoms with E-state index in [0.29, 0.717) is 12.1 Å². The number of rotatable bonds is 8. The molecule has 140 valence electrons. The van der Waals surface area contributed by atoms with Gasteiger partial charge in [-0.2, -0.15) is 0 Å². The summed E-state index contributed by atoms with van der Waals surface area (Å²) in [5, 5.41) is 2.67. The molecule has 0 fully saturated rings. The molecule has 2 aromatic rings. The van der Waals surface area contributed by atoms with Gasteiger partial charge in [0.15, 0.2) is 0 Å². The normalized spacial score (nSPS) is 13.8. The van der Waals surface area contributed by atoms with E-state index in [0.717, 1.165) is 5.56 Å². The Balaban J connectivity index is 2.22. The van der Waals surface area contributed by atoms with Gasteiger partial charge in [0.1, 0.15) is 0 Å². The Hall–Kier alpha value is -2.03. The zero-order valence-corrected chi connectivity index (χ0v) is 16.3. The maximum absolute atomic E-state index is 12.7. The minimum atomic E-state index is -3.80. The van der Waals surface area contributed by atoms with E-state index in [4.69, 9.17) is 0 Å². The van der Waals surface area contributed by atoms with Crippen molar-refractivity contribution in [1.29, 1.82) is 0 Å². The molecule has 0 heterocycles. The van der Waals surface area contributed by atoms with E-state index in [-0.39, 0.29) is 16.6 Å². The second-order valence-corrected chi connectivity index (χ2v) is 8.94. The summed E-state index contributed by atoms with van der Waals surface area (Å²) in [5.74, 6) is 0.0294. The van der Waals surface area contributed by atoms with Crippen LogP contribution in [0.15, 0.2) is 59.5 Å². The van der Waals surface area contributed by atoms with E-state index in [1.807, 2.05) is 6.07 Å². The zero-order chi connectivity index (χ0) is 19.2. The SMILES string of the molecule is CCC(=O)Nc1ccc(S(=O)(=O)N[C@@H](C[S@](C)=O)c2ccccc2)cc1. The van der Waals surface area contributed by atoms with Gasteiger partial charge >= 0.3 is 0 Å². The van der Waals surface area contributed by atoms with Gasteiger partial charge in [-0.25, -0.2) is 13.1 Å². The van der Waals surface area contributed by atoms with Crippen molar-refractivity contribution < 1.29 is 17.4 Å². The second kappa shape index (κ2) is 9.07. The van der Waals surface area contributed by atoms with Crippen LogP contribution < -0.4 is 10.0 Å². The topological polar surface area (TPSA) is 92.3 Å². The predicted octanol–water partition coefficient (Wildman–Crippen LogP) is 2.43. The fraction of sp³-hybridized carbons (Fsp3) is 0.278. The first-order chi connectivity index (χ1) is 12.3. The van der Waals surface area contributed by atoms with Crippen LogP contribution in [0.25, 0.3) is 0 Å². The van der Waals surface area contributed by atoms with Crippen LogP contribution >= 0.6 is 0 Å². The summed E-state index contributed by atoms with van der Waals surface area (Å²) in [7, 11) is -4.97. The Morgan fingerprint density at radius 3 is 2.23 bits per heavy atom. The van der Waals surface area contributed by atoms with Crippen LogP contribution in [0.1, 0.15) is 24.9 Å². The van der Waals surface area contributed by atoms with Crippen LogP contribution in [0.4, 0.5) is 5.69 Å². The van der Waals surface area contributed by atoms with E-state index in [2.05, 4.69) is 10.0 Å². The molecule has 0 aromatic heterocycles. The van der Waals surface area contributed by atoms with Gasteiger partial charge in [0.25, 0.3) is 0 Å². The molecule has 0 saturated carbocycles. The van der Waals surface area contributed by atoms with E-state index in [1.54, 1.807) is 31.2 Å². The highest BCUT2D eigenvalue weighted by Gasteiger charge is 2.22. The Labute approximate surface area is 156 Å². The van der Waals surface area contributed by atoms with Gasteiger partial charge in [-0.15, -0.1) is 0 Å². The lowest BCUT2D eigenvalue weighted by Gasteiger charge is -2.18. The fourth-order valence-electron chi connectivity index (χ4n) is 2.34. The van der Waals surface area contributed by atoms with Gasteiger partial charge < -0.3 is 5.32 Å². The third-order valence-corrected chi connectivity index (χ3v) is 5.96. The Kier molecular flexibility index (Phi) is 7.07. The molecule has 0 radical (unpaired) electrons. The number of anilines is 1. The number of sulfonamides is 1. The van der Waals surface area contributed by atoms with E-state index in [1.165, 1.54) is 30.5 Å². The Morgan fingerprint density at radius 1 is 1.08 bits per heavy atom. The van der Waals surface area contributed by atoms with Crippen molar-refractivity contribution in [2.45, 2.75) is 24.3 Å². The number of benzene rings is 2. The molecular formula is C18H22N2O4S2. The zero-order valence-electron chi connectivity index (χ0n) is 14.6. The number of carbonyl (C=O) groups is 1. The third-order valence-electron chi connectivity index (χ3n) is 3.67. The van der Waals surface area contributed by atoms with Gasteiger partial charge in [-0.05, 0) is 29.8 Å². The maximum atomic E-state index is 12.7. The lowest BCUT2D eigenvalue weighted by atomic mass is 10.1. The average molecular weight is 395 g/mol. The van der Waals surface area contributed by atoms with Crippen LogP contribution in [-0.4, -0.2) is 30.5 Å². The molecule has 6 nitrogen and oxygen atoms in total. The summed E-state index contributed by atoms with van der Waals surface area (Å²) in [5.41, 5.74) is 1.28. The molecule has 0 saturated heterocycles. The maximum Gasteiger partial charge on any atom is 0.241 e. The van der Waals surface area contributed by atoms with E-state index >= 15 is 0 Å². The summed E-state index contributed by atoms with van der Waals surface area (Å²) in [4.78, 5) is 11.5.